The minimum atomic E-state index is -0.969. The van der Waals surface area contributed by atoms with E-state index in [9.17, 15) is 9.59 Å². The summed E-state index contributed by atoms with van der Waals surface area (Å²) < 4.78 is 16.8. The molecule has 0 radical (unpaired) electrons. The molecule has 0 spiro atoms. The second kappa shape index (κ2) is 8.90. The van der Waals surface area contributed by atoms with Crippen molar-refractivity contribution in [3.05, 3.63) is 78.6 Å². The van der Waals surface area contributed by atoms with Crippen LogP contribution < -0.4 is 10.1 Å². The van der Waals surface area contributed by atoms with E-state index in [0.717, 1.165) is 5.39 Å². The molecule has 0 aliphatic rings. The summed E-state index contributed by atoms with van der Waals surface area (Å²) in [6.45, 7) is 5.45. The van der Waals surface area contributed by atoms with Crippen LogP contribution in [0.1, 0.15) is 23.0 Å². The third-order valence-electron chi connectivity index (χ3n) is 4.08. The number of carbonyl (C=O) groups excluding carboxylic acids is 2. The van der Waals surface area contributed by atoms with Gasteiger partial charge in [0.05, 0.1) is 5.56 Å². The van der Waals surface area contributed by atoms with Crippen LogP contribution in [0, 0.1) is 0 Å². The molecule has 6 nitrogen and oxygen atoms in total. The zero-order valence-electron chi connectivity index (χ0n) is 15.5. The fourth-order valence-corrected chi connectivity index (χ4v) is 2.66. The molecular weight excluding hydrogens is 358 g/mol. The quantitative estimate of drug-likeness (QED) is 0.475. The number of fused-ring (bicyclic) bond motifs is 1. The van der Waals surface area contributed by atoms with Crippen LogP contribution in [0.4, 0.5) is 0 Å². The molecule has 144 valence electrons. The number of nitrogens with one attached hydrogen (secondary N) is 1. The van der Waals surface area contributed by atoms with E-state index in [0.29, 0.717) is 23.4 Å². The molecule has 3 rings (SSSR count). The number of para-hydroxylation sites is 2. The average molecular weight is 379 g/mol. The van der Waals surface area contributed by atoms with Gasteiger partial charge in [0.1, 0.15) is 17.9 Å². The number of benzene rings is 2. The lowest BCUT2D eigenvalue weighted by molar-refractivity contribution is -0.128. The summed E-state index contributed by atoms with van der Waals surface area (Å²) in [5.41, 5.74) is 1.12. The van der Waals surface area contributed by atoms with Crippen molar-refractivity contribution in [1.29, 1.82) is 0 Å². The molecule has 6 heteroatoms. The molecule has 0 unspecified atom stereocenters. The van der Waals surface area contributed by atoms with E-state index in [1.807, 2.05) is 48.5 Å². The Labute approximate surface area is 162 Å². The maximum Gasteiger partial charge on any atom is 0.375 e. The minimum Gasteiger partial charge on any atom is -0.489 e. The number of ether oxygens (including phenoxy) is 2. The number of amides is 1. The van der Waals surface area contributed by atoms with Crippen molar-refractivity contribution in [2.45, 2.75) is 19.6 Å². The Balaban J connectivity index is 1.82. The van der Waals surface area contributed by atoms with Gasteiger partial charge in [-0.15, -0.1) is 6.58 Å². The summed E-state index contributed by atoms with van der Waals surface area (Å²) in [4.78, 5) is 24.6. The molecule has 1 N–H and O–H groups in total. The van der Waals surface area contributed by atoms with E-state index in [1.54, 1.807) is 12.1 Å². The van der Waals surface area contributed by atoms with Gasteiger partial charge in [0.25, 0.3) is 5.91 Å². The maximum atomic E-state index is 12.7. The first-order valence-electron chi connectivity index (χ1n) is 8.88. The lowest BCUT2D eigenvalue weighted by Gasteiger charge is -2.12. The molecule has 0 saturated carbocycles. The summed E-state index contributed by atoms with van der Waals surface area (Å²) in [6.07, 6.45) is 0.577. The van der Waals surface area contributed by atoms with Crippen LogP contribution in [0.5, 0.6) is 5.75 Å². The molecule has 1 aromatic heterocycles. The summed E-state index contributed by atoms with van der Waals surface area (Å²) in [6, 6.07) is 16.5. The fourth-order valence-electron chi connectivity index (χ4n) is 2.66. The SMILES string of the molecule is C=CCNC(=O)[C@@H](C)OC(=O)c1oc2ccccc2c1COc1ccccc1. The number of hydrogen-bond donors (Lipinski definition) is 1. The van der Waals surface area contributed by atoms with Gasteiger partial charge in [0, 0.05) is 11.9 Å². The Morgan fingerprint density at radius 1 is 1.14 bits per heavy atom. The van der Waals surface area contributed by atoms with E-state index >= 15 is 0 Å². The number of hydrogen-bond acceptors (Lipinski definition) is 5. The van der Waals surface area contributed by atoms with Crippen LogP contribution in [0.25, 0.3) is 11.0 Å². The van der Waals surface area contributed by atoms with Crippen LogP contribution >= 0.6 is 0 Å². The van der Waals surface area contributed by atoms with E-state index < -0.39 is 18.0 Å². The second-order valence-electron chi connectivity index (χ2n) is 6.09. The maximum absolute atomic E-state index is 12.7. The lowest BCUT2D eigenvalue weighted by atomic mass is 10.1. The zero-order valence-corrected chi connectivity index (χ0v) is 15.5. The van der Waals surface area contributed by atoms with Gasteiger partial charge in [-0.1, -0.05) is 42.5 Å². The lowest BCUT2D eigenvalue weighted by Crippen LogP contribution is -2.35. The van der Waals surface area contributed by atoms with Crippen molar-refractivity contribution in [3.8, 4) is 5.75 Å². The first-order chi connectivity index (χ1) is 13.6. The third kappa shape index (κ3) is 4.40. The zero-order chi connectivity index (χ0) is 19.9. The van der Waals surface area contributed by atoms with Crippen molar-refractivity contribution in [1.82, 2.24) is 5.32 Å². The Morgan fingerprint density at radius 2 is 1.86 bits per heavy atom. The summed E-state index contributed by atoms with van der Waals surface area (Å²) in [5.74, 6) is -0.430. The van der Waals surface area contributed by atoms with Gasteiger partial charge >= 0.3 is 5.97 Å². The van der Waals surface area contributed by atoms with Crippen molar-refractivity contribution in [2.75, 3.05) is 6.54 Å². The van der Waals surface area contributed by atoms with Gasteiger partial charge in [-0.3, -0.25) is 4.79 Å². The molecule has 1 heterocycles. The average Bonchev–Trinajstić information content (AvgIpc) is 3.10. The molecule has 0 bridgehead atoms. The highest BCUT2D eigenvalue weighted by molar-refractivity contribution is 5.97. The van der Waals surface area contributed by atoms with Gasteiger partial charge in [-0.05, 0) is 25.1 Å². The second-order valence-corrected chi connectivity index (χ2v) is 6.09. The monoisotopic (exact) mass is 379 g/mol. The first kappa shape index (κ1) is 19.2. The standard InChI is InChI=1S/C22H21NO5/c1-3-13-23-21(24)15(2)27-22(25)20-18(14-26-16-9-5-4-6-10-16)17-11-7-8-12-19(17)28-20/h3-12,15H,1,13-14H2,2H3,(H,23,24)/t15-/m1/s1. The van der Waals surface area contributed by atoms with Gasteiger partial charge in [0.2, 0.25) is 5.76 Å². The van der Waals surface area contributed by atoms with Gasteiger partial charge in [-0.2, -0.15) is 0 Å². The van der Waals surface area contributed by atoms with E-state index in [2.05, 4.69) is 11.9 Å². The summed E-state index contributed by atoms with van der Waals surface area (Å²) in [5, 5.41) is 3.35. The Kier molecular flexibility index (Phi) is 6.11. The van der Waals surface area contributed by atoms with Crippen molar-refractivity contribution < 1.29 is 23.5 Å². The van der Waals surface area contributed by atoms with E-state index in [-0.39, 0.29) is 12.4 Å². The van der Waals surface area contributed by atoms with E-state index in [4.69, 9.17) is 13.9 Å². The Hall–Kier alpha value is -3.54. The molecule has 0 fully saturated rings. The molecule has 1 amide bonds. The van der Waals surface area contributed by atoms with Crippen LogP contribution in [0.2, 0.25) is 0 Å². The molecule has 0 aliphatic carbocycles. The van der Waals surface area contributed by atoms with Crippen LogP contribution in [-0.4, -0.2) is 24.5 Å². The molecule has 2 aromatic carbocycles. The molecule has 0 saturated heterocycles. The smallest absolute Gasteiger partial charge is 0.375 e. The van der Waals surface area contributed by atoms with Crippen LogP contribution in [-0.2, 0) is 16.1 Å². The number of rotatable bonds is 8. The molecular formula is C22H21NO5. The summed E-state index contributed by atoms with van der Waals surface area (Å²) in [7, 11) is 0. The number of furan rings is 1. The van der Waals surface area contributed by atoms with Crippen molar-refractivity contribution >= 4 is 22.8 Å². The highest BCUT2D eigenvalue weighted by Gasteiger charge is 2.26. The fraction of sp³-hybridized carbons (Fsp3) is 0.182. The highest BCUT2D eigenvalue weighted by Crippen LogP contribution is 2.28. The van der Waals surface area contributed by atoms with Crippen molar-refractivity contribution in [2.24, 2.45) is 0 Å². The number of esters is 1. The van der Waals surface area contributed by atoms with E-state index in [1.165, 1.54) is 6.92 Å². The van der Waals surface area contributed by atoms with Gasteiger partial charge in [-0.25, -0.2) is 4.79 Å². The van der Waals surface area contributed by atoms with Crippen LogP contribution in [0.3, 0.4) is 0 Å². The molecule has 0 aliphatic heterocycles. The predicted octanol–water partition coefficient (Wildman–Crippen LogP) is 3.86. The molecule has 1 atom stereocenters. The third-order valence-corrected chi connectivity index (χ3v) is 4.08. The predicted molar refractivity (Wildman–Crippen MR) is 105 cm³/mol. The molecule has 28 heavy (non-hydrogen) atoms. The van der Waals surface area contributed by atoms with Crippen molar-refractivity contribution in [3.63, 3.8) is 0 Å². The minimum absolute atomic E-state index is 0.0282. The largest absolute Gasteiger partial charge is 0.489 e. The molecule has 3 aromatic rings. The normalized spacial score (nSPS) is 11.6. The first-order valence-corrected chi connectivity index (χ1v) is 8.88. The van der Waals surface area contributed by atoms with Gasteiger partial charge < -0.3 is 19.2 Å². The van der Waals surface area contributed by atoms with Crippen LogP contribution in [0.15, 0.2) is 71.7 Å². The van der Waals surface area contributed by atoms with Gasteiger partial charge in [0.15, 0.2) is 6.10 Å². The number of carbonyl (C=O) groups is 2. The highest BCUT2D eigenvalue weighted by atomic mass is 16.6. The Morgan fingerprint density at radius 3 is 2.61 bits per heavy atom. The Bertz CT molecular complexity index is 977. The summed E-state index contributed by atoms with van der Waals surface area (Å²) >= 11 is 0. The topological polar surface area (TPSA) is 77.8 Å².